The maximum Gasteiger partial charge on any atom is 0.303 e. The zero-order chi connectivity index (χ0) is 32.4. The number of aromatic amines is 1. The number of aromatic nitrogens is 1. The summed E-state index contributed by atoms with van der Waals surface area (Å²) >= 11 is 1.95. The molecule has 12 heteroatoms. The van der Waals surface area contributed by atoms with Gasteiger partial charge in [0.15, 0.2) is 0 Å². The van der Waals surface area contributed by atoms with Gasteiger partial charge in [-0.25, -0.2) is 15.4 Å². The Kier molecular flexibility index (Phi) is 8.66. The van der Waals surface area contributed by atoms with E-state index >= 15 is 0 Å². The van der Waals surface area contributed by atoms with Crippen LogP contribution in [0.4, 0.5) is 0 Å². The quantitative estimate of drug-likeness (QED) is 0.131. The van der Waals surface area contributed by atoms with Crippen molar-refractivity contribution >= 4 is 35.3 Å². The molecule has 1 amide bonds. The summed E-state index contributed by atoms with van der Waals surface area (Å²) < 4.78 is 0. The number of carbonyl (C=O) groups is 3. The Balaban J connectivity index is 1.30. The SMILES string of the molecule is CCC1=C(C)C(Cc2[nH]c(C[C@@]34NN3C(C[C@H]3N[C@@H](O)[C@H](C)[C@H]3[C@H]3CS3)C(C)=C4CCC(=O)O)c(CCC(=O)O)c2C)=NC1=O. The number of amides is 1. The van der Waals surface area contributed by atoms with Crippen LogP contribution in [0.2, 0.25) is 0 Å². The van der Waals surface area contributed by atoms with Crippen molar-refractivity contribution in [3.63, 3.8) is 0 Å². The van der Waals surface area contributed by atoms with Gasteiger partial charge in [0.2, 0.25) is 0 Å². The lowest BCUT2D eigenvalue weighted by Crippen LogP contribution is -2.38. The van der Waals surface area contributed by atoms with Gasteiger partial charge in [-0.15, -0.1) is 0 Å². The normalized spacial score (nSPS) is 33.7. The molecule has 1 aromatic heterocycles. The summed E-state index contributed by atoms with van der Waals surface area (Å²) in [4.78, 5) is 43.8. The van der Waals surface area contributed by atoms with Crippen molar-refractivity contribution in [2.75, 3.05) is 5.75 Å². The molecule has 244 valence electrons. The molecule has 5 aliphatic rings. The number of carboxylic acids is 2. The van der Waals surface area contributed by atoms with Crippen molar-refractivity contribution in [3.05, 3.63) is 44.8 Å². The first-order chi connectivity index (χ1) is 21.4. The standard InChI is InChI=1S/C33H45N5O6S/c1-6-19-15(2)23(35-32(19)44)11-22-16(3)20(7-9-28(39)40)25(34-22)13-33-21(8-10-29(41)42)17(4)26(38(33)37-33)12-24-30(27-14-45-27)18(5)31(43)36-24/h18,24,26-27,30-31,34,36-37,43H,6-14H2,1-5H3,(H,39,40)(H,41,42)/t18-,24-,26?,27-,30-,31+,33-,38?/m1/s1. The van der Waals surface area contributed by atoms with Crippen LogP contribution in [0.3, 0.4) is 0 Å². The van der Waals surface area contributed by atoms with Crippen molar-refractivity contribution in [1.29, 1.82) is 0 Å². The molecule has 5 aliphatic heterocycles. The van der Waals surface area contributed by atoms with Crippen LogP contribution in [-0.4, -0.2) is 83.8 Å². The van der Waals surface area contributed by atoms with Crippen molar-refractivity contribution in [2.45, 2.75) is 115 Å². The number of nitrogens with one attached hydrogen (secondary N) is 3. The first kappa shape index (κ1) is 32.2. The molecule has 0 bridgehead atoms. The Morgan fingerprint density at radius 2 is 1.80 bits per heavy atom. The van der Waals surface area contributed by atoms with Crippen LogP contribution in [0.1, 0.15) is 82.3 Å². The van der Waals surface area contributed by atoms with Gasteiger partial charge in [-0.1, -0.05) is 19.4 Å². The van der Waals surface area contributed by atoms with Gasteiger partial charge < -0.3 is 20.3 Å². The van der Waals surface area contributed by atoms with Crippen LogP contribution in [-0.2, 0) is 33.6 Å². The molecule has 11 nitrogen and oxygen atoms in total. The number of thioether (sulfide) groups is 1. The highest BCUT2D eigenvalue weighted by Gasteiger charge is 2.64. The fourth-order valence-electron chi connectivity index (χ4n) is 8.28. The number of aliphatic hydroxyl groups excluding tert-OH is 1. The third-order valence-electron chi connectivity index (χ3n) is 10.9. The minimum Gasteiger partial charge on any atom is -0.481 e. The van der Waals surface area contributed by atoms with Crippen molar-refractivity contribution in [3.8, 4) is 0 Å². The van der Waals surface area contributed by atoms with Gasteiger partial charge >= 0.3 is 11.9 Å². The molecule has 0 aliphatic carbocycles. The number of aliphatic carboxylic acids is 2. The van der Waals surface area contributed by atoms with Crippen LogP contribution in [0, 0.1) is 18.8 Å². The Morgan fingerprint density at radius 1 is 1.11 bits per heavy atom. The summed E-state index contributed by atoms with van der Waals surface area (Å²) in [6, 6.07) is 0.200. The predicted octanol–water partition coefficient (Wildman–Crippen LogP) is 3.26. The maximum atomic E-state index is 12.5. The van der Waals surface area contributed by atoms with E-state index in [1.54, 1.807) is 0 Å². The van der Waals surface area contributed by atoms with E-state index in [9.17, 15) is 29.7 Å². The van der Waals surface area contributed by atoms with Crippen LogP contribution in [0.15, 0.2) is 27.3 Å². The highest BCUT2D eigenvalue weighted by atomic mass is 32.2. The van der Waals surface area contributed by atoms with Gasteiger partial charge in [0.05, 0.1) is 5.71 Å². The number of rotatable bonds is 14. The van der Waals surface area contributed by atoms with Crippen LogP contribution >= 0.6 is 11.8 Å². The molecular formula is C33H45N5O6S. The Morgan fingerprint density at radius 3 is 2.42 bits per heavy atom. The average Bonchev–Trinajstić information content (AvgIpc) is 3.84. The molecule has 3 saturated heterocycles. The van der Waals surface area contributed by atoms with E-state index in [0.29, 0.717) is 43.3 Å². The van der Waals surface area contributed by atoms with E-state index in [-0.39, 0.29) is 36.8 Å². The minimum absolute atomic E-state index is 0.00852. The number of hydrazine groups is 1. The number of hydrogen-bond donors (Lipinski definition) is 6. The fraction of sp³-hybridized carbons (Fsp3) is 0.636. The molecular weight excluding hydrogens is 594 g/mol. The summed E-state index contributed by atoms with van der Waals surface area (Å²) in [5, 5.41) is 36.1. The number of H-pyrrole nitrogens is 1. The highest BCUT2D eigenvalue weighted by Crippen LogP contribution is 2.53. The lowest BCUT2D eigenvalue weighted by Gasteiger charge is -2.25. The lowest BCUT2D eigenvalue weighted by atomic mass is 9.84. The summed E-state index contributed by atoms with van der Waals surface area (Å²) in [5.74, 6) is -0.224. The average molecular weight is 640 g/mol. The molecule has 3 fully saturated rings. The molecule has 45 heavy (non-hydrogen) atoms. The topological polar surface area (TPSA) is 177 Å². The van der Waals surface area contributed by atoms with Gasteiger partial charge in [0, 0.05) is 71.6 Å². The van der Waals surface area contributed by atoms with E-state index in [1.807, 2.05) is 32.5 Å². The molecule has 0 saturated carbocycles. The number of carboxylic acid groups (broad SMARTS) is 2. The van der Waals surface area contributed by atoms with Gasteiger partial charge in [-0.3, -0.25) is 19.7 Å². The second-order valence-electron chi connectivity index (χ2n) is 13.4. The van der Waals surface area contributed by atoms with Gasteiger partial charge in [0.25, 0.3) is 5.91 Å². The summed E-state index contributed by atoms with van der Waals surface area (Å²) in [6.07, 6.45) is 2.68. The molecule has 1 aromatic rings. The first-order valence-corrected chi connectivity index (χ1v) is 17.2. The summed E-state index contributed by atoms with van der Waals surface area (Å²) in [7, 11) is 0. The molecule has 6 rings (SSSR count). The smallest absolute Gasteiger partial charge is 0.303 e. The van der Waals surface area contributed by atoms with E-state index in [2.05, 4.69) is 39.6 Å². The zero-order valence-corrected chi connectivity index (χ0v) is 27.5. The van der Waals surface area contributed by atoms with E-state index < -0.39 is 23.8 Å². The second-order valence-corrected chi connectivity index (χ2v) is 14.7. The molecule has 2 unspecified atom stereocenters. The molecule has 6 N–H and O–H groups in total. The molecule has 0 radical (unpaired) electrons. The molecule has 0 aromatic carbocycles. The van der Waals surface area contributed by atoms with Gasteiger partial charge in [0.1, 0.15) is 11.9 Å². The molecule has 8 atom stereocenters. The summed E-state index contributed by atoms with van der Waals surface area (Å²) in [6.45, 7) is 10.1. The molecule has 0 spiro atoms. The monoisotopic (exact) mass is 639 g/mol. The lowest BCUT2D eigenvalue weighted by molar-refractivity contribution is -0.138. The number of aliphatic hydroxyl groups is 1. The van der Waals surface area contributed by atoms with Crippen LogP contribution in [0.25, 0.3) is 0 Å². The number of nitrogens with zero attached hydrogens (tertiary/aromatic N) is 2. The maximum absolute atomic E-state index is 12.5. The van der Waals surface area contributed by atoms with Crippen molar-refractivity contribution < 1.29 is 29.7 Å². The Labute approximate surface area is 268 Å². The van der Waals surface area contributed by atoms with Gasteiger partial charge in [-0.05, 0) is 74.6 Å². The van der Waals surface area contributed by atoms with E-state index in [1.165, 1.54) is 5.57 Å². The van der Waals surface area contributed by atoms with E-state index in [0.717, 1.165) is 57.1 Å². The Hall–Kier alpha value is -2.77. The number of allylic oxidation sites excluding steroid dienone is 1. The second kappa shape index (κ2) is 12.1. The largest absolute Gasteiger partial charge is 0.481 e. The predicted molar refractivity (Wildman–Crippen MR) is 172 cm³/mol. The van der Waals surface area contributed by atoms with Crippen molar-refractivity contribution in [1.82, 2.24) is 20.7 Å². The summed E-state index contributed by atoms with van der Waals surface area (Å²) in [5.41, 5.74) is 11.5. The Bertz CT molecular complexity index is 1520. The zero-order valence-electron chi connectivity index (χ0n) is 26.7. The fourth-order valence-corrected chi connectivity index (χ4v) is 9.27. The third kappa shape index (κ3) is 5.84. The highest BCUT2D eigenvalue weighted by molar-refractivity contribution is 8.06. The number of fused-ring (bicyclic) bond motifs is 1. The third-order valence-corrected chi connectivity index (χ3v) is 12.0. The van der Waals surface area contributed by atoms with E-state index in [4.69, 9.17) is 0 Å². The minimum atomic E-state index is -0.868. The number of aliphatic imine (C=N–C) groups is 1. The van der Waals surface area contributed by atoms with Crippen LogP contribution in [0.5, 0.6) is 0 Å². The van der Waals surface area contributed by atoms with Crippen molar-refractivity contribution in [2.24, 2.45) is 16.8 Å². The van der Waals surface area contributed by atoms with Crippen LogP contribution < -0.4 is 10.7 Å². The number of carbonyl (C=O) groups excluding carboxylic acids is 1. The van der Waals surface area contributed by atoms with Gasteiger partial charge in [-0.2, -0.15) is 11.8 Å². The molecule has 6 heterocycles. The number of hydrogen-bond acceptors (Lipinski definition) is 8. The first-order valence-electron chi connectivity index (χ1n) is 16.1.